The summed E-state index contributed by atoms with van der Waals surface area (Å²) in [5.41, 5.74) is 1.41. The number of rotatable bonds is 5. The maximum Gasteiger partial charge on any atom is 0.333 e. The van der Waals surface area contributed by atoms with Gasteiger partial charge in [-0.3, -0.25) is 4.79 Å². The zero-order chi connectivity index (χ0) is 15.1. The van der Waals surface area contributed by atoms with Crippen molar-refractivity contribution in [3.05, 3.63) is 82.8 Å². The SMILES string of the molecule is [C-]#[N+]/C(=C\c1ccc(OCc2ccccc2)cc1)C(=O)O. The van der Waals surface area contributed by atoms with E-state index in [4.69, 9.17) is 16.4 Å². The van der Waals surface area contributed by atoms with E-state index in [9.17, 15) is 4.79 Å². The summed E-state index contributed by atoms with van der Waals surface area (Å²) in [6.07, 6.45) is 1.33. The predicted molar refractivity (Wildman–Crippen MR) is 79.4 cm³/mol. The van der Waals surface area contributed by atoms with Crippen LogP contribution in [0.5, 0.6) is 5.75 Å². The maximum absolute atomic E-state index is 10.8. The van der Waals surface area contributed by atoms with Gasteiger partial charge >= 0.3 is 5.97 Å². The van der Waals surface area contributed by atoms with E-state index in [0.29, 0.717) is 17.9 Å². The van der Waals surface area contributed by atoms with Gasteiger partial charge in [0.1, 0.15) is 12.4 Å². The van der Waals surface area contributed by atoms with E-state index >= 15 is 0 Å². The van der Waals surface area contributed by atoms with Gasteiger partial charge in [-0.15, -0.1) is 0 Å². The number of hydrogen-bond donors (Lipinski definition) is 1. The number of hydrogen-bond acceptors (Lipinski definition) is 2. The zero-order valence-corrected chi connectivity index (χ0v) is 11.2. The van der Waals surface area contributed by atoms with Crippen LogP contribution in [-0.2, 0) is 11.4 Å². The molecule has 0 heterocycles. The van der Waals surface area contributed by atoms with Gasteiger partial charge in [0.25, 0.3) is 5.70 Å². The Morgan fingerprint density at radius 1 is 1.14 bits per heavy atom. The second-order valence-corrected chi connectivity index (χ2v) is 4.29. The van der Waals surface area contributed by atoms with Crippen LogP contribution in [0.4, 0.5) is 0 Å². The number of benzene rings is 2. The molecule has 0 spiro atoms. The van der Waals surface area contributed by atoms with Crippen LogP contribution in [0.1, 0.15) is 11.1 Å². The van der Waals surface area contributed by atoms with Crippen molar-refractivity contribution in [2.75, 3.05) is 0 Å². The molecule has 2 rings (SSSR count). The Morgan fingerprint density at radius 2 is 1.81 bits per heavy atom. The molecule has 0 aliphatic rings. The number of aliphatic carboxylic acids is 1. The summed E-state index contributed by atoms with van der Waals surface area (Å²) in [5.74, 6) is -0.537. The van der Waals surface area contributed by atoms with E-state index in [0.717, 1.165) is 5.56 Å². The Morgan fingerprint density at radius 3 is 2.38 bits per heavy atom. The van der Waals surface area contributed by atoms with Gasteiger partial charge in [-0.1, -0.05) is 42.5 Å². The third-order valence-corrected chi connectivity index (χ3v) is 2.77. The molecule has 0 atom stereocenters. The summed E-state index contributed by atoms with van der Waals surface area (Å²) in [4.78, 5) is 13.7. The zero-order valence-electron chi connectivity index (χ0n) is 11.2. The van der Waals surface area contributed by atoms with Crippen LogP contribution in [0.3, 0.4) is 0 Å². The molecule has 1 N–H and O–H groups in total. The lowest BCUT2D eigenvalue weighted by Crippen LogP contribution is -1.96. The first kappa shape index (κ1) is 14.4. The number of nitrogens with zero attached hydrogens (tertiary/aromatic N) is 1. The highest BCUT2D eigenvalue weighted by molar-refractivity contribution is 5.94. The minimum Gasteiger partial charge on any atom is -0.489 e. The van der Waals surface area contributed by atoms with E-state index in [2.05, 4.69) is 4.85 Å². The molecule has 0 unspecified atom stereocenters. The topological polar surface area (TPSA) is 50.9 Å². The summed E-state index contributed by atoms with van der Waals surface area (Å²) in [6, 6.07) is 16.7. The molecule has 0 bridgehead atoms. The third kappa shape index (κ3) is 4.22. The van der Waals surface area contributed by atoms with Crippen molar-refractivity contribution in [3.8, 4) is 5.75 Å². The smallest absolute Gasteiger partial charge is 0.333 e. The van der Waals surface area contributed by atoms with Gasteiger partial charge in [0.05, 0.1) is 6.57 Å². The van der Waals surface area contributed by atoms with Crippen molar-refractivity contribution in [1.29, 1.82) is 0 Å². The highest BCUT2D eigenvalue weighted by Crippen LogP contribution is 2.16. The fourth-order valence-electron chi connectivity index (χ4n) is 1.70. The van der Waals surface area contributed by atoms with Crippen LogP contribution >= 0.6 is 0 Å². The third-order valence-electron chi connectivity index (χ3n) is 2.77. The van der Waals surface area contributed by atoms with Crippen molar-refractivity contribution in [3.63, 3.8) is 0 Å². The Bertz CT molecular complexity index is 682. The van der Waals surface area contributed by atoms with Gasteiger partial charge < -0.3 is 9.84 Å². The average molecular weight is 279 g/mol. The molecular weight excluding hydrogens is 266 g/mol. The maximum atomic E-state index is 10.8. The molecule has 104 valence electrons. The van der Waals surface area contributed by atoms with E-state index in [1.807, 2.05) is 30.3 Å². The molecule has 0 aliphatic carbocycles. The number of carbonyl (C=O) groups is 1. The van der Waals surface area contributed by atoms with Crippen molar-refractivity contribution < 1.29 is 14.6 Å². The monoisotopic (exact) mass is 279 g/mol. The molecule has 0 saturated carbocycles. The molecule has 2 aromatic rings. The Kier molecular flexibility index (Phi) is 4.73. The van der Waals surface area contributed by atoms with Gasteiger partial charge in [0, 0.05) is 0 Å². The molecule has 0 fully saturated rings. The summed E-state index contributed by atoms with van der Waals surface area (Å²) in [5, 5.41) is 8.79. The van der Waals surface area contributed by atoms with Crippen LogP contribution in [0, 0.1) is 6.57 Å². The lowest BCUT2D eigenvalue weighted by molar-refractivity contribution is -0.132. The minimum absolute atomic E-state index is 0.312. The predicted octanol–water partition coefficient (Wildman–Crippen LogP) is 3.61. The quantitative estimate of drug-likeness (QED) is 0.672. The molecule has 0 aliphatic heterocycles. The molecule has 2 aromatic carbocycles. The van der Waals surface area contributed by atoms with Crippen LogP contribution in [0.15, 0.2) is 60.3 Å². The molecule has 4 nitrogen and oxygen atoms in total. The number of ether oxygens (including phenoxy) is 1. The van der Waals surface area contributed by atoms with Gasteiger partial charge in [-0.2, -0.15) is 0 Å². The first-order chi connectivity index (χ1) is 10.2. The lowest BCUT2D eigenvalue weighted by Gasteiger charge is -2.06. The standard InChI is InChI=1S/C17H13NO3/c1-18-16(17(19)20)11-13-7-9-15(10-8-13)21-12-14-5-3-2-4-6-14/h2-11H,12H2,(H,19,20)/b16-11-. The van der Waals surface area contributed by atoms with Crippen LogP contribution < -0.4 is 4.74 Å². The van der Waals surface area contributed by atoms with Crippen molar-refractivity contribution in [2.45, 2.75) is 6.61 Å². The first-order valence-corrected chi connectivity index (χ1v) is 6.28. The Balaban J connectivity index is 2.03. The summed E-state index contributed by atoms with van der Waals surface area (Å²) < 4.78 is 5.63. The van der Waals surface area contributed by atoms with E-state index in [1.54, 1.807) is 24.3 Å². The number of carboxylic acids is 1. The van der Waals surface area contributed by atoms with Crippen molar-refractivity contribution in [2.24, 2.45) is 0 Å². The van der Waals surface area contributed by atoms with E-state index in [-0.39, 0.29) is 5.70 Å². The van der Waals surface area contributed by atoms with Crippen LogP contribution in [-0.4, -0.2) is 11.1 Å². The minimum atomic E-state index is -1.23. The average Bonchev–Trinajstić information content (AvgIpc) is 2.52. The molecule has 0 saturated heterocycles. The molecule has 4 heteroatoms. The summed E-state index contributed by atoms with van der Waals surface area (Å²) in [7, 11) is 0. The second kappa shape index (κ2) is 6.92. The highest BCUT2D eigenvalue weighted by Gasteiger charge is 2.06. The van der Waals surface area contributed by atoms with Gasteiger partial charge in [-0.05, 0) is 29.3 Å². The normalized spacial score (nSPS) is 10.7. The fourth-order valence-corrected chi connectivity index (χ4v) is 1.70. The number of carboxylic acid groups (broad SMARTS) is 1. The van der Waals surface area contributed by atoms with Crippen LogP contribution in [0.2, 0.25) is 0 Å². The molecule has 0 amide bonds. The van der Waals surface area contributed by atoms with E-state index < -0.39 is 5.97 Å². The van der Waals surface area contributed by atoms with Gasteiger partial charge in [-0.25, -0.2) is 4.85 Å². The van der Waals surface area contributed by atoms with Crippen molar-refractivity contribution >= 4 is 12.0 Å². The lowest BCUT2D eigenvalue weighted by atomic mass is 10.2. The van der Waals surface area contributed by atoms with E-state index in [1.165, 1.54) is 6.08 Å². The molecule has 21 heavy (non-hydrogen) atoms. The Labute approximate surface area is 122 Å². The molecular formula is C17H13NO3. The molecule has 0 radical (unpaired) electrons. The summed E-state index contributed by atoms with van der Waals surface area (Å²) >= 11 is 0. The van der Waals surface area contributed by atoms with Gasteiger partial charge in [0.2, 0.25) is 0 Å². The fraction of sp³-hybridized carbons (Fsp3) is 0.0588. The second-order valence-electron chi connectivity index (χ2n) is 4.29. The largest absolute Gasteiger partial charge is 0.489 e. The van der Waals surface area contributed by atoms with Crippen LogP contribution in [0.25, 0.3) is 10.9 Å². The first-order valence-electron chi connectivity index (χ1n) is 6.28. The van der Waals surface area contributed by atoms with Gasteiger partial charge in [0.15, 0.2) is 0 Å². The highest BCUT2D eigenvalue weighted by atomic mass is 16.5. The Hall–Kier alpha value is -3.06. The van der Waals surface area contributed by atoms with Crippen molar-refractivity contribution in [1.82, 2.24) is 0 Å². The molecule has 0 aromatic heterocycles. The summed E-state index contributed by atoms with van der Waals surface area (Å²) in [6.45, 7) is 7.26.